The van der Waals surface area contributed by atoms with E-state index in [0.717, 1.165) is 16.7 Å². The average molecular weight is 398 g/mol. The van der Waals surface area contributed by atoms with Crippen LogP contribution in [0.5, 0.6) is 0 Å². The van der Waals surface area contributed by atoms with E-state index in [1.807, 2.05) is 33.8 Å². The second-order valence-electron chi connectivity index (χ2n) is 6.93. The Labute approximate surface area is 170 Å². The van der Waals surface area contributed by atoms with Crippen LogP contribution in [0.25, 0.3) is 0 Å². The lowest BCUT2D eigenvalue weighted by atomic mass is 10.1. The molecule has 7 heteroatoms. The highest BCUT2D eigenvalue weighted by Crippen LogP contribution is 2.14. The van der Waals surface area contributed by atoms with Crippen molar-refractivity contribution in [2.75, 3.05) is 11.9 Å². The molecule has 0 spiro atoms. The summed E-state index contributed by atoms with van der Waals surface area (Å²) < 4.78 is 10.4. The predicted molar refractivity (Wildman–Crippen MR) is 110 cm³/mol. The quantitative estimate of drug-likeness (QED) is 0.693. The number of aryl methyl sites for hydroxylation is 2. The molecule has 0 bridgehead atoms. The van der Waals surface area contributed by atoms with Crippen molar-refractivity contribution < 1.29 is 23.9 Å². The van der Waals surface area contributed by atoms with Crippen molar-refractivity contribution in [1.82, 2.24) is 5.32 Å². The van der Waals surface area contributed by atoms with Crippen molar-refractivity contribution in [1.29, 1.82) is 0 Å². The molecule has 0 radical (unpaired) electrons. The summed E-state index contributed by atoms with van der Waals surface area (Å²) in [6.07, 6.45) is 0.116. The Bertz CT molecular complexity index is 875. The third-order valence-electron chi connectivity index (χ3n) is 4.13. The van der Waals surface area contributed by atoms with Crippen LogP contribution >= 0.6 is 0 Å². The number of esters is 1. The van der Waals surface area contributed by atoms with Crippen LogP contribution in [0.15, 0.2) is 42.5 Å². The number of benzene rings is 2. The Morgan fingerprint density at radius 3 is 2.28 bits per heavy atom. The molecule has 7 nitrogen and oxygen atoms in total. The summed E-state index contributed by atoms with van der Waals surface area (Å²) in [4.78, 5) is 35.8. The van der Waals surface area contributed by atoms with Crippen molar-refractivity contribution in [3.05, 3.63) is 64.7 Å². The second-order valence-corrected chi connectivity index (χ2v) is 6.93. The van der Waals surface area contributed by atoms with Gasteiger partial charge in [0.2, 0.25) is 0 Å². The van der Waals surface area contributed by atoms with Crippen LogP contribution < -0.4 is 10.6 Å². The molecule has 0 heterocycles. The molecule has 0 fully saturated rings. The largest absolute Gasteiger partial charge is 0.452 e. The lowest BCUT2D eigenvalue weighted by molar-refractivity contribution is -0.123. The molecular weight excluding hydrogens is 372 g/mol. The molecule has 0 aliphatic rings. The van der Waals surface area contributed by atoms with Crippen LogP contribution in [-0.4, -0.2) is 30.6 Å². The summed E-state index contributed by atoms with van der Waals surface area (Å²) in [5, 5.41) is 4.69. The minimum absolute atomic E-state index is 0.116. The Kier molecular flexibility index (Phi) is 7.91. The van der Waals surface area contributed by atoms with E-state index in [0.29, 0.717) is 17.9 Å². The van der Waals surface area contributed by atoms with Crippen molar-refractivity contribution in [3.8, 4) is 0 Å². The molecule has 0 atom stereocenters. The van der Waals surface area contributed by atoms with Crippen LogP contribution in [0, 0.1) is 13.8 Å². The summed E-state index contributed by atoms with van der Waals surface area (Å²) >= 11 is 0. The van der Waals surface area contributed by atoms with Crippen LogP contribution in [-0.2, 0) is 20.9 Å². The molecule has 2 aromatic carbocycles. The maximum absolute atomic E-state index is 12.0. The number of hydrogen-bond donors (Lipinski definition) is 2. The highest BCUT2D eigenvalue weighted by Gasteiger charge is 2.13. The number of imide groups is 1. The third kappa shape index (κ3) is 7.38. The molecule has 0 saturated heterocycles. The van der Waals surface area contributed by atoms with E-state index < -0.39 is 24.5 Å². The predicted octanol–water partition coefficient (Wildman–Crippen LogP) is 3.73. The van der Waals surface area contributed by atoms with E-state index in [2.05, 4.69) is 10.6 Å². The number of rotatable bonds is 7. The summed E-state index contributed by atoms with van der Waals surface area (Å²) in [6.45, 7) is 7.66. The standard InChI is InChI=1S/C22H26N2O5/c1-14(2)28-12-17-6-8-18(9-7-17)21(26)29-13-20(25)24-22(27)23-19-10-5-15(3)16(4)11-19/h5-11,14H,12-13H2,1-4H3,(H2,23,24,25,27). The molecule has 3 amide bonds. The molecule has 0 unspecified atom stereocenters. The number of carbonyl (C=O) groups excluding carboxylic acids is 3. The number of hydrogen-bond acceptors (Lipinski definition) is 5. The van der Waals surface area contributed by atoms with E-state index in [1.165, 1.54) is 0 Å². The fraction of sp³-hybridized carbons (Fsp3) is 0.318. The van der Waals surface area contributed by atoms with E-state index in [1.54, 1.807) is 36.4 Å². The summed E-state index contributed by atoms with van der Waals surface area (Å²) in [5.41, 5.74) is 3.92. The van der Waals surface area contributed by atoms with Crippen molar-refractivity contribution in [3.63, 3.8) is 0 Å². The fourth-order valence-electron chi connectivity index (χ4n) is 2.36. The van der Waals surface area contributed by atoms with Gasteiger partial charge in [-0.3, -0.25) is 10.1 Å². The highest BCUT2D eigenvalue weighted by atomic mass is 16.5. The van der Waals surface area contributed by atoms with Gasteiger partial charge in [-0.05, 0) is 68.7 Å². The molecule has 0 aromatic heterocycles. The Morgan fingerprint density at radius 2 is 1.66 bits per heavy atom. The maximum Gasteiger partial charge on any atom is 0.338 e. The summed E-state index contributed by atoms with van der Waals surface area (Å²) in [6, 6.07) is 11.4. The normalized spacial score (nSPS) is 10.5. The second kappa shape index (κ2) is 10.4. The number of anilines is 1. The zero-order valence-corrected chi connectivity index (χ0v) is 17.1. The average Bonchev–Trinajstić information content (AvgIpc) is 2.67. The van der Waals surface area contributed by atoms with Crippen molar-refractivity contribution >= 4 is 23.6 Å². The lowest BCUT2D eigenvalue weighted by Gasteiger charge is -2.09. The van der Waals surface area contributed by atoms with Crippen molar-refractivity contribution in [2.45, 2.75) is 40.4 Å². The number of carbonyl (C=O) groups is 3. The van der Waals surface area contributed by atoms with E-state index >= 15 is 0 Å². The molecule has 2 rings (SSSR count). The number of urea groups is 1. The summed E-state index contributed by atoms with van der Waals surface area (Å²) in [5.74, 6) is -1.37. The lowest BCUT2D eigenvalue weighted by Crippen LogP contribution is -2.37. The maximum atomic E-state index is 12.0. The van der Waals surface area contributed by atoms with Gasteiger partial charge in [-0.25, -0.2) is 9.59 Å². The van der Waals surface area contributed by atoms with Crippen LogP contribution in [0.1, 0.15) is 40.9 Å². The highest BCUT2D eigenvalue weighted by molar-refractivity contribution is 6.02. The summed E-state index contributed by atoms with van der Waals surface area (Å²) in [7, 11) is 0. The Hall–Kier alpha value is -3.19. The minimum atomic E-state index is -0.721. The third-order valence-corrected chi connectivity index (χ3v) is 4.13. The number of amides is 3. The topological polar surface area (TPSA) is 93.7 Å². The van der Waals surface area contributed by atoms with E-state index in [-0.39, 0.29) is 6.10 Å². The van der Waals surface area contributed by atoms with E-state index in [9.17, 15) is 14.4 Å². The molecule has 0 aliphatic carbocycles. The first kappa shape index (κ1) is 22.1. The zero-order valence-electron chi connectivity index (χ0n) is 17.1. The van der Waals surface area contributed by atoms with Gasteiger partial charge in [0.05, 0.1) is 18.3 Å². The van der Waals surface area contributed by atoms with E-state index in [4.69, 9.17) is 9.47 Å². The van der Waals surface area contributed by atoms with Gasteiger partial charge < -0.3 is 14.8 Å². The van der Waals surface area contributed by atoms with Gasteiger partial charge in [0.15, 0.2) is 6.61 Å². The zero-order chi connectivity index (χ0) is 21.4. The van der Waals surface area contributed by atoms with Crippen LogP contribution in [0.3, 0.4) is 0 Å². The van der Waals surface area contributed by atoms with Gasteiger partial charge in [-0.1, -0.05) is 18.2 Å². The van der Waals surface area contributed by atoms with Crippen molar-refractivity contribution in [2.24, 2.45) is 0 Å². The van der Waals surface area contributed by atoms with Gasteiger partial charge in [0.25, 0.3) is 5.91 Å². The Morgan fingerprint density at radius 1 is 0.966 bits per heavy atom. The number of ether oxygens (including phenoxy) is 2. The molecule has 2 aromatic rings. The van der Waals surface area contributed by atoms with Gasteiger partial charge in [-0.2, -0.15) is 0 Å². The molecule has 0 aliphatic heterocycles. The van der Waals surface area contributed by atoms with Crippen LogP contribution in [0.2, 0.25) is 0 Å². The van der Waals surface area contributed by atoms with Gasteiger partial charge in [0.1, 0.15) is 0 Å². The smallest absolute Gasteiger partial charge is 0.338 e. The Balaban J connectivity index is 1.78. The van der Waals surface area contributed by atoms with Gasteiger partial charge in [-0.15, -0.1) is 0 Å². The molecule has 0 saturated carbocycles. The molecule has 29 heavy (non-hydrogen) atoms. The SMILES string of the molecule is Cc1ccc(NC(=O)NC(=O)COC(=O)c2ccc(COC(C)C)cc2)cc1C. The monoisotopic (exact) mass is 398 g/mol. The first-order valence-corrected chi connectivity index (χ1v) is 9.30. The first-order valence-electron chi connectivity index (χ1n) is 9.30. The first-order chi connectivity index (χ1) is 13.7. The van der Waals surface area contributed by atoms with Gasteiger partial charge >= 0.3 is 12.0 Å². The van der Waals surface area contributed by atoms with Gasteiger partial charge in [0, 0.05) is 5.69 Å². The molecular formula is C22H26N2O5. The molecule has 154 valence electrons. The number of nitrogens with one attached hydrogen (secondary N) is 2. The molecule has 2 N–H and O–H groups in total. The fourth-order valence-corrected chi connectivity index (χ4v) is 2.36. The minimum Gasteiger partial charge on any atom is -0.452 e. The van der Waals surface area contributed by atoms with Crippen LogP contribution in [0.4, 0.5) is 10.5 Å².